The summed E-state index contributed by atoms with van der Waals surface area (Å²) in [7, 11) is 0. The van der Waals surface area contributed by atoms with Crippen LogP contribution in [-0.2, 0) is 4.79 Å². The van der Waals surface area contributed by atoms with Crippen LogP contribution in [0.3, 0.4) is 0 Å². The van der Waals surface area contributed by atoms with E-state index in [4.69, 9.17) is 15.3 Å². The van der Waals surface area contributed by atoms with Crippen molar-refractivity contribution in [3.8, 4) is 0 Å². The summed E-state index contributed by atoms with van der Waals surface area (Å²) in [6.07, 6.45) is 0.121. The number of amides is 2. The number of carboxylic acid groups (broad SMARTS) is 1. The third kappa shape index (κ3) is 4.20. The standard InChI is InChI=1S/C10H18N2O5/c13-6-7-2-1-3-12(5-7)10(17)11-4-8(14)9(15)16/h7-8,13-14H,1-6H2,(H,11,17)(H,15,16)/t7?,8-/m0/s1. The molecule has 7 nitrogen and oxygen atoms in total. The van der Waals surface area contributed by atoms with E-state index < -0.39 is 18.1 Å². The zero-order valence-corrected chi connectivity index (χ0v) is 9.50. The Morgan fingerprint density at radius 3 is 2.76 bits per heavy atom. The Balaban J connectivity index is 2.34. The topological polar surface area (TPSA) is 110 Å². The van der Waals surface area contributed by atoms with E-state index in [2.05, 4.69) is 5.32 Å². The van der Waals surface area contributed by atoms with Gasteiger partial charge < -0.3 is 25.5 Å². The number of nitrogens with zero attached hydrogens (tertiary/aromatic N) is 1. The molecule has 7 heteroatoms. The van der Waals surface area contributed by atoms with Gasteiger partial charge in [-0.05, 0) is 18.8 Å². The normalized spacial score (nSPS) is 22.0. The first kappa shape index (κ1) is 13.7. The van der Waals surface area contributed by atoms with Crippen molar-refractivity contribution in [3.05, 3.63) is 0 Å². The maximum absolute atomic E-state index is 11.6. The first-order chi connectivity index (χ1) is 8.04. The summed E-state index contributed by atoms with van der Waals surface area (Å²) in [6, 6.07) is -0.400. The molecule has 2 atom stereocenters. The van der Waals surface area contributed by atoms with Crippen LogP contribution in [0.25, 0.3) is 0 Å². The monoisotopic (exact) mass is 246 g/mol. The number of aliphatic carboxylic acids is 1. The largest absolute Gasteiger partial charge is 0.479 e. The zero-order valence-electron chi connectivity index (χ0n) is 9.50. The molecule has 1 heterocycles. The van der Waals surface area contributed by atoms with Gasteiger partial charge in [0.15, 0.2) is 6.10 Å². The molecule has 1 fully saturated rings. The van der Waals surface area contributed by atoms with Crippen LogP contribution in [-0.4, -0.2) is 64.6 Å². The van der Waals surface area contributed by atoms with Gasteiger partial charge in [0.1, 0.15) is 0 Å². The summed E-state index contributed by atoms with van der Waals surface area (Å²) in [4.78, 5) is 23.5. The number of hydrogen-bond donors (Lipinski definition) is 4. The minimum atomic E-state index is -1.59. The number of carbonyl (C=O) groups excluding carboxylic acids is 1. The summed E-state index contributed by atoms with van der Waals surface area (Å²) in [5, 5.41) is 28.8. The minimum Gasteiger partial charge on any atom is -0.479 e. The Bertz CT molecular complexity index is 284. The van der Waals surface area contributed by atoms with Crippen molar-refractivity contribution in [2.24, 2.45) is 5.92 Å². The highest BCUT2D eigenvalue weighted by molar-refractivity contribution is 5.76. The lowest BCUT2D eigenvalue weighted by atomic mass is 9.99. The van der Waals surface area contributed by atoms with E-state index in [1.165, 1.54) is 4.90 Å². The highest BCUT2D eigenvalue weighted by Gasteiger charge is 2.24. The molecule has 2 amide bonds. The number of piperidine rings is 1. The Morgan fingerprint density at radius 2 is 2.18 bits per heavy atom. The number of carbonyl (C=O) groups is 2. The van der Waals surface area contributed by atoms with Crippen LogP contribution in [0, 0.1) is 5.92 Å². The molecule has 0 radical (unpaired) electrons. The molecule has 0 aromatic heterocycles. The number of aliphatic hydroxyl groups excluding tert-OH is 2. The number of carboxylic acids is 1. The molecular formula is C10H18N2O5. The molecule has 98 valence electrons. The fraction of sp³-hybridized carbons (Fsp3) is 0.800. The van der Waals surface area contributed by atoms with Crippen molar-refractivity contribution in [3.63, 3.8) is 0 Å². The molecule has 0 aromatic carbocycles. The minimum absolute atomic E-state index is 0.0432. The maximum Gasteiger partial charge on any atom is 0.334 e. The maximum atomic E-state index is 11.6. The van der Waals surface area contributed by atoms with Gasteiger partial charge in [0.25, 0.3) is 0 Å². The third-order valence-corrected chi connectivity index (χ3v) is 2.80. The Labute approximate surface area is 99.0 Å². The van der Waals surface area contributed by atoms with E-state index in [0.29, 0.717) is 13.1 Å². The predicted molar refractivity (Wildman–Crippen MR) is 58.4 cm³/mol. The van der Waals surface area contributed by atoms with E-state index in [-0.39, 0.29) is 19.1 Å². The lowest BCUT2D eigenvalue weighted by molar-refractivity contribution is -0.146. The van der Waals surface area contributed by atoms with Gasteiger partial charge in [0.2, 0.25) is 0 Å². The second-order valence-electron chi connectivity index (χ2n) is 4.18. The number of urea groups is 1. The Kier molecular flexibility index (Phi) is 5.17. The molecule has 0 saturated carbocycles. The summed E-state index contributed by atoms with van der Waals surface area (Å²) in [5.74, 6) is -1.28. The lowest BCUT2D eigenvalue weighted by Crippen LogP contribution is -2.48. The van der Waals surface area contributed by atoms with Crippen molar-refractivity contribution in [1.82, 2.24) is 10.2 Å². The quantitative estimate of drug-likeness (QED) is 0.500. The number of hydrogen-bond acceptors (Lipinski definition) is 4. The Hall–Kier alpha value is -1.34. The second-order valence-corrected chi connectivity index (χ2v) is 4.18. The van der Waals surface area contributed by atoms with Gasteiger partial charge in [0.05, 0.1) is 6.54 Å². The van der Waals surface area contributed by atoms with Crippen LogP contribution >= 0.6 is 0 Å². The van der Waals surface area contributed by atoms with Crippen LogP contribution in [0.2, 0.25) is 0 Å². The second kappa shape index (κ2) is 6.41. The van der Waals surface area contributed by atoms with E-state index in [9.17, 15) is 9.59 Å². The molecule has 0 bridgehead atoms. The molecule has 1 rings (SSSR count). The molecule has 0 aromatic rings. The molecule has 17 heavy (non-hydrogen) atoms. The van der Waals surface area contributed by atoms with Gasteiger partial charge in [-0.15, -0.1) is 0 Å². The fourth-order valence-corrected chi connectivity index (χ4v) is 1.78. The number of nitrogens with one attached hydrogen (secondary N) is 1. The molecule has 1 saturated heterocycles. The molecule has 0 spiro atoms. The molecule has 0 aliphatic carbocycles. The highest BCUT2D eigenvalue weighted by atomic mass is 16.4. The first-order valence-electron chi connectivity index (χ1n) is 5.59. The number of aliphatic hydroxyl groups is 2. The third-order valence-electron chi connectivity index (χ3n) is 2.80. The van der Waals surface area contributed by atoms with Gasteiger partial charge in [-0.3, -0.25) is 0 Å². The summed E-state index contributed by atoms with van der Waals surface area (Å²) in [5.41, 5.74) is 0. The number of likely N-dealkylation sites (tertiary alicyclic amines) is 1. The molecular weight excluding hydrogens is 228 g/mol. The van der Waals surface area contributed by atoms with Crippen molar-refractivity contribution in [1.29, 1.82) is 0 Å². The summed E-state index contributed by atoms with van der Waals surface area (Å²) in [6.45, 7) is 0.785. The van der Waals surface area contributed by atoms with E-state index in [0.717, 1.165) is 12.8 Å². The van der Waals surface area contributed by atoms with Crippen molar-refractivity contribution in [2.45, 2.75) is 18.9 Å². The Morgan fingerprint density at radius 1 is 1.47 bits per heavy atom. The van der Waals surface area contributed by atoms with Gasteiger partial charge in [-0.25, -0.2) is 9.59 Å². The van der Waals surface area contributed by atoms with Crippen LogP contribution in [0.15, 0.2) is 0 Å². The lowest BCUT2D eigenvalue weighted by Gasteiger charge is -2.31. The SMILES string of the molecule is O=C(O)[C@@H](O)CNC(=O)N1CCCC(CO)C1. The molecule has 1 aliphatic rings. The van der Waals surface area contributed by atoms with Crippen molar-refractivity contribution >= 4 is 12.0 Å². The van der Waals surface area contributed by atoms with Gasteiger partial charge in [-0.2, -0.15) is 0 Å². The molecule has 1 unspecified atom stereocenters. The molecule has 1 aliphatic heterocycles. The van der Waals surface area contributed by atoms with E-state index in [1.54, 1.807) is 0 Å². The van der Waals surface area contributed by atoms with Crippen LogP contribution < -0.4 is 5.32 Å². The van der Waals surface area contributed by atoms with E-state index in [1.807, 2.05) is 0 Å². The van der Waals surface area contributed by atoms with Gasteiger partial charge in [0, 0.05) is 19.7 Å². The number of rotatable bonds is 4. The highest BCUT2D eigenvalue weighted by Crippen LogP contribution is 2.15. The zero-order chi connectivity index (χ0) is 12.8. The smallest absolute Gasteiger partial charge is 0.334 e. The van der Waals surface area contributed by atoms with Gasteiger partial charge >= 0.3 is 12.0 Å². The van der Waals surface area contributed by atoms with Crippen molar-refractivity contribution in [2.75, 3.05) is 26.2 Å². The summed E-state index contributed by atoms with van der Waals surface area (Å²) < 4.78 is 0. The van der Waals surface area contributed by atoms with Crippen LogP contribution in [0.1, 0.15) is 12.8 Å². The van der Waals surface area contributed by atoms with Gasteiger partial charge in [-0.1, -0.05) is 0 Å². The molecule has 4 N–H and O–H groups in total. The fourth-order valence-electron chi connectivity index (χ4n) is 1.78. The predicted octanol–water partition coefficient (Wildman–Crippen LogP) is -1.15. The van der Waals surface area contributed by atoms with Crippen molar-refractivity contribution < 1.29 is 24.9 Å². The van der Waals surface area contributed by atoms with Crippen LogP contribution in [0.4, 0.5) is 4.79 Å². The summed E-state index contributed by atoms with van der Waals surface area (Å²) >= 11 is 0. The first-order valence-corrected chi connectivity index (χ1v) is 5.59. The van der Waals surface area contributed by atoms with Crippen LogP contribution in [0.5, 0.6) is 0 Å². The van der Waals surface area contributed by atoms with E-state index >= 15 is 0 Å². The average Bonchev–Trinajstić information content (AvgIpc) is 2.35. The average molecular weight is 246 g/mol.